The maximum absolute atomic E-state index is 12.3. The Morgan fingerprint density at radius 1 is 1.15 bits per heavy atom. The van der Waals surface area contributed by atoms with Gasteiger partial charge in [0.25, 0.3) is 11.1 Å². The van der Waals surface area contributed by atoms with E-state index in [4.69, 9.17) is 9.15 Å². The molecule has 1 N–H and O–H groups in total. The molecule has 27 heavy (non-hydrogen) atoms. The van der Waals surface area contributed by atoms with E-state index in [9.17, 15) is 4.79 Å². The van der Waals surface area contributed by atoms with Gasteiger partial charge in [-0.2, -0.15) is 0 Å². The van der Waals surface area contributed by atoms with Crippen molar-refractivity contribution in [3.05, 3.63) is 65.5 Å². The number of aryl methyl sites for hydroxylation is 2. The van der Waals surface area contributed by atoms with Crippen molar-refractivity contribution >= 4 is 23.4 Å². The highest BCUT2D eigenvalue weighted by molar-refractivity contribution is 7.99. The van der Waals surface area contributed by atoms with Crippen molar-refractivity contribution in [1.29, 1.82) is 0 Å². The zero-order chi connectivity index (χ0) is 19.1. The van der Waals surface area contributed by atoms with Gasteiger partial charge in [0.1, 0.15) is 5.75 Å². The highest BCUT2D eigenvalue weighted by Gasteiger charge is 2.12. The first-order valence-electron chi connectivity index (χ1n) is 8.67. The lowest BCUT2D eigenvalue weighted by Crippen LogP contribution is -2.16. The number of thioether (sulfide) groups is 1. The first-order chi connectivity index (χ1) is 13.2. The van der Waals surface area contributed by atoms with Crippen LogP contribution in [0.4, 0.5) is 5.69 Å². The molecule has 0 atom stereocenters. The van der Waals surface area contributed by atoms with Crippen LogP contribution >= 0.6 is 11.8 Å². The van der Waals surface area contributed by atoms with E-state index in [0.717, 1.165) is 29.0 Å². The number of amides is 1. The molecule has 7 heteroatoms. The first-order valence-corrected chi connectivity index (χ1v) is 9.65. The van der Waals surface area contributed by atoms with Gasteiger partial charge in [0.05, 0.1) is 5.75 Å². The second kappa shape index (κ2) is 9.23. The summed E-state index contributed by atoms with van der Waals surface area (Å²) >= 11 is 1.20. The molecule has 0 saturated heterocycles. The lowest BCUT2D eigenvalue weighted by molar-refractivity contribution is -0.113. The third-order valence-corrected chi connectivity index (χ3v) is 4.70. The van der Waals surface area contributed by atoms with E-state index in [1.54, 1.807) is 0 Å². The standard InChI is InChI=1S/C20H21N3O3S/c1-3-15-9-7-8-14(2)19(15)21-17(24)13-27-20-23-22-18(26-20)12-25-16-10-5-4-6-11-16/h4-11H,3,12-13H2,1-2H3,(H,21,24). The molecule has 0 unspecified atom stereocenters. The maximum atomic E-state index is 12.3. The van der Waals surface area contributed by atoms with Crippen molar-refractivity contribution in [2.45, 2.75) is 32.1 Å². The van der Waals surface area contributed by atoms with Crippen molar-refractivity contribution in [3.8, 4) is 5.75 Å². The van der Waals surface area contributed by atoms with Crippen molar-refractivity contribution in [2.75, 3.05) is 11.1 Å². The molecule has 2 aromatic carbocycles. The van der Waals surface area contributed by atoms with Gasteiger partial charge >= 0.3 is 0 Å². The molecule has 0 fully saturated rings. The zero-order valence-electron chi connectivity index (χ0n) is 15.3. The molecule has 0 saturated carbocycles. The van der Waals surface area contributed by atoms with E-state index >= 15 is 0 Å². The SMILES string of the molecule is CCc1cccc(C)c1NC(=O)CSc1nnc(COc2ccccc2)o1. The molecule has 3 rings (SSSR count). The number of ether oxygens (including phenoxy) is 1. The molecule has 3 aromatic rings. The minimum absolute atomic E-state index is 0.107. The maximum Gasteiger partial charge on any atom is 0.277 e. The van der Waals surface area contributed by atoms with Crippen LogP contribution in [0.3, 0.4) is 0 Å². The summed E-state index contributed by atoms with van der Waals surface area (Å²) in [5.74, 6) is 1.19. The van der Waals surface area contributed by atoms with Crippen LogP contribution in [0.5, 0.6) is 5.75 Å². The van der Waals surface area contributed by atoms with Gasteiger partial charge in [0.15, 0.2) is 6.61 Å². The highest BCUT2D eigenvalue weighted by atomic mass is 32.2. The summed E-state index contributed by atoms with van der Waals surface area (Å²) in [6.45, 7) is 4.24. The number of hydrogen-bond acceptors (Lipinski definition) is 6. The summed E-state index contributed by atoms with van der Waals surface area (Å²) in [6, 6.07) is 15.4. The molecule has 0 radical (unpaired) electrons. The fourth-order valence-corrected chi connectivity index (χ4v) is 3.10. The Morgan fingerprint density at radius 2 is 1.96 bits per heavy atom. The molecular formula is C20H21N3O3S. The Hall–Kier alpha value is -2.80. The van der Waals surface area contributed by atoms with Crippen LogP contribution in [-0.2, 0) is 17.8 Å². The van der Waals surface area contributed by atoms with E-state index in [1.807, 2.05) is 55.5 Å². The third-order valence-electron chi connectivity index (χ3n) is 3.88. The molecule has 0 spiro atoms. The van der Waals surface area contributed by atoms with Crippen LogP contribution in [0.2, 0.25) is 0 Å². The number of carbonyl (C=O) groups excluding carboxylic acids is 1. The minimum atomic E-state index is -0.107. The lowest BCUT2D eigenvalue weighted by atomic mass is 10.1. The Kier molecular flexibility index (Phi) is 6.49. The second-order valence-corrected chi connectivity index (χ2v) is 6.79. The molecule has 0 aliphatic heterocycles. The number of hydrogen-bond donors (Lipinski definition) is 1. The Labute approximate surface area is 162 Å². The Morgan fingerprint density at radius 3 is 2.74 bits per heavy atom. The summed E-state index contributed by atoms with van der Waals surface area (Å²) in [4.78, 5) is 12.3. The van der Waals surface area contributed by atoms with Crippen molar-refractivity contribution in [1.82, 2.24) is 10.2 Å². The third kappa shape index (κ3) is 5.34. The number of aromatic nitrogens is 2. The molecule has 6 nitrogen and oxygen atoms in total. The van der Waals surface area contributed by atoms with Crippen LogP contribution in [0.25, 0.3) is 0 Å². The topological polar surface area (TPSA) is 77.2 Å². The van der Waals surface area contributed by atoms with E-state index in [2.05, 4.69) is 22.4 Å². The average Bonchev–Trinajstić information content (AvgIpc) is 3.15. The van der Waals surface area contributed by atoms with Crippen LogP contribution in [0.15, 0.2) is 58.2 Å². The van der Waals surface area contributed by atoms with Gasteiger partial charge in [-0.3, -0.25) is 4.79 Å². The molecule has 1 aromatic heterocycles. The fourth-order valence-electron chi connectivity index (χ4n) is 2.52. The number of nitrogens with one attached hydrogen (secondary N) is 1. The number of para-hydroxylation sites is 2. The Balaban J connectivity index is 1.50. The summed E-state index contributed by atoms with van der Waals surface area (Å²) in [6.07, 6.45) is 0.860. The summed E-state index contributed by atoms with van der Waals surface area (Å²) in [5.41, 5.74) is 3.05. The average molecular weight is 383 g/mol. The van der Waals surface area contributed by atoms with E-state index in [-0.39, 0.29) is 18.3 Å². The van der Waals surface area contributed by atoms with Gasteiger partial charge in [0.2, 0.25) is 5.91 Å². The summed E-state index contributed by atoms with van der Waals surface area (Å²) in [7, 11) is 0. The van der Waals surface area contributed by atoms with Gasteiger partial charge < -0.3 is 14.5 Å². The predicted molar refractivity (Wildman–Crippen MR) is 105 cm³/mol. The van der Waals surface area contributed by atoms with Gasteiger partial charge in [0, 0.05) is 5.69 Å². The van der Waals surface area contributed by atoms with Crippen LogP contribution in [0, 0.1) is 6.92 Å². The van der Waals surface area contributed by atoms with Crippen LogP contribution in [0.1, 0.15) is 23.9 Å². The molecule has 0 aliphatic rings. The normalized spacial score (nSPS) is 10.6. The first kappa shape index (κ1) is 19.0. The highest BCUT2D eigenvalue weighted by Crippen LogP contribution is 2.22. The predicted octanol–water partition coefficient (Wildman–Crippen LogP) is 4.25. The van der Waals surface area contributed by atoms with E-state index in [0.29, 0.717) is 11.1 Å². The number of benzene rings is 2. The monoisotopic (exact) mass is 383 g/mol. The molecule has 0 bridgehead atoms. The Bertz CT molecular complexity index is 896. The molecule has 0 aliphatic carbocycles. The lowest BCUT2D eigenvalue weighted by Gasteiger charge is -2.12. The number of anilines is 1. The summed E-state index contributed by atoms with van der Waals surface area (Å²) < 4.78 is 11.1. The van der Waals surface area contributed by atoms with Crippen molar-refractivity contribution < 1.29 is 13.9 Å². The smallest absolute Gasteiger partial charge is 0.277 e. The summed E-state index contributed by atoms with van der Waals surface area (Å²) in [5, 5.41) is 11.2. The van der Waals surface area contributed by atoms with Gasteiger partial charge in [-0.25, -0.2) is 0 Å². The number of carbonyl (C=O) groups is 1. The van der Waals surface area contributed by atoms with Gasteiger partial charge in [-0.1, -0.05) is 55.1 Å². The molecule has 1 amide bonds. The number of rotatable bonds is 8. The van der Waals surface area contributed by atoms with Gasteiger partial charge in [-0.15, -0.1) is 10.2 Å². The number of nitrogens with zero attached hydrogens (tertiary/aromatic N) is 2. The molecular weight excluding hydrogens is 362 g/mol. The van der Waals surface area contributed by atoms with Crippen LogP contribution < -0.4 is 10.1 Å². The van der Waals surface area contributed by atoms with E-state index < -0.39 is 0 Å². The van der Waals surface area contributed by atoms with Crippen LogP contribution in [-0.4, -0.2) is 21.9 Å². The van der Waals surface area contributed by atoms with Crippen molar-refractivity contribution in [3.63, 3.8) is 0 Å². The van der Waals surface area contributed by atoms with Crippen molar-refractivity contribution in [2.24, 2.45) is 0 Å². The quantitative estimate of drug-likeness (QED) is 0.586. The van der Waals surface area contributed by atoms with Gasteiger partial charge in [-0.05, 0) is 36.6 Å². The molecule has 140 valence electrons. The molecule has 1 heterocycles. The minimum Gasteiger partial charge on any atom is -0.484 e. The zero-order valence-corrected chi connectivity index (χ0v) is 16.1. The van der Waals surface area contributed by atoms with E-state index in [1.165, 1.54) is 11.8 Å². The largest absolute Gasteiger partial charge is 0.484 e. The second-order valence-electron chi connectivity index (χ2n) is 5.86. The fraction of sp³-hybridized carbons (Fsp3) is 0.250.